The van der Waals surface area contributed by atoms with E-state index < -0.39 is 35.9 Å². The molecule has 1 unspecified atom stereocenters. The van der Waals surface area contributed by atoms with E-state index in [-0.39, 0.29) is 6.42 Å². The van der Waals surface area contributed by atoms with Gasteiger partial charge in [0.15, 0.2) is 0 Å². The topological polar surface area (TPSA) is 84.3 Å². The van der Waals surface area contributed by atoms with E-state index in [9.17, 15) is 19.1 Å². The highest BCUT2D eigenvalue weighted by molar-refractivity contribution is 5.02. The van der Waals surface area contributed by atoms with E-state index in [1.165, 1.54) is 13.1 Å². The molecule has 0 radical (unpaired) electrons. The molecule has 0 amide bonds. The van der Waals surface area contributed by atoms with E-state index in [2.05, 4.69) is 4.98 Å². The molecule has 0 spiro atoms. The van der Waals surface area contributed by atoms with Crippen molar-refractivity contribution in [3.8, 4) is 0 Å². The summed E-state index contributed by atoms with van der Waals surface area (Å²) in [5, 5.41) is 9.35. The first kappa shape index (κ1) is 13.0. The Morgan fingerprint density at radius 3 is 2.83 bits per heavy atom. The molecule has 0 saturated carbocycles. The number of aliphatic hydroxyl groups is 1. The van der Waals surface area contributed by atoms with Crippen LogP contribution in [0.15, 0.2) is 15.8 Å². The first-order valence-corrected chi connectivity index (χ1v) is 5.70. The van der Waals surface area contributed by atoms with E-state index >= 15 is 0 Å². The predicted molar refractivity (Wildman–Crippen MR) is 61.2 cm³/mol. The molecule has 1 aromatic heterocycles. The summed E-state index contributed by atoms with van der Waals surface area (Å²) >= 11 is 0. The highest BCUT2D eigenvalue weighted by atomic mass is 19.1. The van der Waals surface area contributed by atoms with Crippen LogP contribution in [0.4, 0.5) is 4.39 Å². The van der Waals surface area contributed by atoms with E-state index in [0.29, 0.717) is 5.56 Å². The van der Waals surface area contributed by atoms with Crippen molar-refractivity contribution in [1.29, 1.82) is 0 Å². The highest BCUT2D eigenvalue weighted by Crippen LogP contribution is 2.31. The van der Waals surface area contributed by atoms with Gasteiger partial charge in [-0.15, -0.1) is 0 Å². The standard InChI is InChI=1S/C11H15FN2O4/c1-5-4-14(11(17)13-10(5)16)8-3-7(12)9(18-8)6(2)15/h4,6-9,15H,3H2,1-2H3,(H,13,16,17)/t6?,7-,8+,9+/m0/s1. The van der Waals surface area contributed by atoms with Crippen LogP contribution in [-0.2, 0) is 4.74 Å². The summed E-state index contributed by atoms with van der Waals surface area (Å²) in [5.74, 6) is 0. The summed E-state index contributed by atoms with van der Waals surface area (Å²) in [5.41, 5.74) is -0.777. The van der Waals surface area contributed by atoms with Gasteiger partial charge in [0.1, 0.15) is 18.5 Å². The molecular weight excluding hydrogens is 243 g/mol. The van der Waals surface area contributed by atoms with Gasteiger partial charge < -0.3 is 9.84 Å². The maximum absolute atomic E-state index is 13.6. The minimum atomic E-state index is -1.34. The summed E-state index contributed by atoms with van der Waals surface area (Å²) in [4.78, 5) is 25.0. The number of rotatable bonds is 2. The lowest BCUT2D eigenvalue weighted by Crippen LogP contribution is -2.34. The average molecular weight is 258 g/mol. The molecule has 1 aliphatic rings. The lowest BCUT2D eigenvalue weighted by molar-refractivity contribution is -0.0668. The third kappa shape index (κ3) is 2.23. The number of alkyl halides is 1. The van der Waals surface area contributed by atoms with Crippen LogP contribution in [0, 0.1) is 6.92 Å². The fourth-order valence-corrected chi connectivity index (χ4v) is 2.04. The summed E-state index contributed by atoms with van der Waals surface area (Å²) < 4.78 is 20.1. The Hall–Kier alpha value is -1.47. The molecule has 2 rings (SSSR count). The number of H-pyrrole nitrogens is 1. The highest BCUT2D eigenvalue weighted by Gasteiger charge is 2.39. The number of hydrogen-bond donors (Lipinski definition) is 2. The fourth-order valence-electron chi connectivity index (χ4n) is 2.04. The van der Waals surface area contributed by atoms with Gasteiger partial charge in [-0.1, -0.05) is 0 Å². The smallest absolute Gasteiger partial charge is 0.330 e. The van der Waals surface area contributed by atoms with Gasteiger partial charge in [0, 0.05) is 18.2 Å². The molecule has 0 aliphatic carbocycles. The molecule has 100 valence electrons. The number of ether oxygens (including phenoxy) is 1. The monoisotopic (exact) mass is 258 g/mol. The zero-order valence-corrected chi connectivity index (χ0v) is 10.1. The Labute approximate surface area is 102 Å². The minimum Gasteiger partial charge on any atom is -0.391 e. The number of aryl methyl sites for hydroxylation is 1. The van der Waals surface area contributed by atoms with Crippen LogP contribution in [0.25, 0.3) is 0 Å². The van der Waals surface area contributed by atoms with Crippen LogP contribution < -0.4 is 11.2 Å². The lowest BCUT2D eigenvalue weighted by Gasteiger charge is -2.17. The van der Waals surface area contributed by atoms with Gasteiger partial charge in [0.25, 0.3) is 5.56 Å². The van der Waals surface area contributed by atoms with Crippen LogP contribution in [0.5, 0.6) is 0 Å². The Morgan fingerprint density at radius 1 is 1.61 bits per heavy atom. The molecule has 2 N–H and O–H groups in total. The molecule has 18 heavy (non-hydrogen) atoms. The van der Waals surface area contributed by atoms with E-state index in [4.69, 9.17) is 4.74 Å². The zero-order valence-electron chi connectivity index (χ0n) is 10.1. The van der Waals surface area contributed by atoms with Gasteiger partial charge in [-0.25, -0.2) is 9.18 Å². The molecule has 7 heteroatoms. The maximum atomic E-state index is 13.6. The Balaban J connectivity index is 2.32. The minimum absolute atomic E-state index is 0.0268. The number of nitrogens with one attached hydrogen (secondary N) is 1. The number of hydrogen-bond acceptors (Lipinski definition) is 4. The largest absolute Gasteiger partial charge is 0.391 e. The molecule has 2 heterocycles. The number of halogens is 1. The van der Waals surface area contributed by atoms with Gasteiger partial charge in [-0.2, -0.15) is 0 Å². The first-order chi connectivity index (χ1) is 8.40. The van der Waals surface area contributed by atoms with Crippen molar-refractivity contribution in [3.63, 3.8) is 0 Å². The van der Waals surface area contributed by atoms with Gasteiger partial charge in [0.2, 0.25) is 0 Å². The van der Waals surface area contributed by atoms with Gasteiger partial charge in [0.05, 0.1) is 6.10 Å². The van der Waals surface area contributed by atoms with Gasteiger partial charge >= 0.3 is 5.69 Å². The van der Waals surface area contributed by atoms with Crippen molar-refractivity contribution < 1.29 is 14.2 Å². The normalized spacial score (nSPS) is 29.4. The SMILES string of the molecule is Cc1cn([C@H]2C[C@H](F)[C@@H](C(C)O)O2)c(=O)[nH]c1=O. The van der Waals surface area contributed by atoms with Crippen molar-refractivity contribution in [3.05, 3.63) is 32.6 Å². The Bertz CT molecular complexity index is 551. The summed E-state index contributed by atoms with van der Waals surface area (Å²) in [6.07, 6.45) is -2.74. The van der Waals surface area contributed by atoms with Crippen LogP contribution in [0.3, 0.4) is 0 Å². The second kappa shape index (κ2) is 4.66. The molecule has 4 atom stereocenters. The van der Waals surface area contributed by atoms with Gasteiger partial charge in [-0.05, 0) is 13.8 Å². The number of aromatic amines is 1. The van der Waals surface area contributed by atoms with Crippen molar-refractivity contribution in [2.75, 3.05) is 0 Å². The lowest BCUT2D eigenvalue weighted by atomic mass is 10.1. The fraction of sp³-hybridized carbons (Fsp3) is 0.636. The Morgan fingerprint density at radius 2 is 2.28 bits per heavy atom. The van der Waals surface area contributed by atoms with Crippen LogP contribution >= 0.6 is 0 Å². The van der Waals surface area contributed by atoms with Crippen molar-refractivity contribution in [1.82, 2.24) is 9.55 Å². The summed E-state index contributed by atoms with van der Waals surface area (Å²) in [6.45, 7) is 2.98. The predicted octanol–water partition coefficient (Wildman–Crippen LogP) is -0.149. The third-order valence-corrected chi connectivity index (χ3v) is 3.03. The van der Waals surface area contributed by atoms with Crippen molar-refractivity contribution in [2.24, 2.45) is 0 Å². The van der Waals surface area contributed by atoms with Crippen LogP contribution in [0.1, 0.15) is 25.1 Å². The number of aromatic nitrogens is 2. The maximum Gasteiger partial charge on any atom is 0.330 e. The number of aliphatic hydroxyl groups excluding tert-OH is 1. The number of nitrogens with zero attached hydrogens (tertiary/aromatic N) is 1. The molecule has 1 fully saturated rings. The van der Waals surface area contributed by atoms with Crippen molar-refractivity contribution in [2.45, 2.75) is 44.9 Å². The molecular formula is C11H15FN2O4. The first-order valence-electron chi connectivity index (χ1n) is 5.70. The Kier molecular flexibility index (Phi) is 3.36. The zero-order chi connectivity index (χ0) is 13.4. The quantitative estimate of drug-likeness (QED) is 0.772. The van der Waals surface area contributed by atoms with Crippen molar-refractivity contribution >= 4 is 0 Å². The molecule has 1 saturated heterocycles. The molecule has 1 aliphatic heterocycles. The molecule has 1 aromatic rings. The second-order valence-corrected chi connectivity index (χ2v) is 4.53. The third-order valence-electron chi connectivity index (χ3n) is 3.03. The van der Waals surface area contributed by atoms with Crippen LogP contribution in [0.2, 0.25) is 0 Å². The second-order valence-electron chi connectivity index (χ2n) is 4.53. The van der Waals surface area contributed by atoms with E-state index in [1.54, 1.807) is 6.92 Å². The van der Waals surface area contributed by atoms with Gasteiger partial charge in [-0.3, -0.25) is 14.3 Å². The summed E-state index contributed by atoms with van der Waals surface area (Å²) in [7, 11) is 0. The summed E-state index contributed by atoms with van der Waals surface area (Å²) in [6, 6.07) is 0. The molecule has 0 bridgehead atoms. The average Bonchev–Trinajstić information content (AvgIpc) is 2.65. The molecule has 0 aromatic carbocycles. The van der Waals surface area contributed by atoms with E-state index in [1.807, 2.05) is 0 Å². The van der Waals surface area contributed by atoms with E-state index in [0.717, 1.165) is 4.57 Å². The van der Waals surface area contributed by atoms with Crippen LogP contribution in [-0.4, -0.2) is 33.0 Å². The molecule has 6 nitrogen and oxygen atoms in total.